The molecule has 0 bridgehead atoms. The molecule has 1 aliphatic heterocycles. The summed E-state index contributed by atoms with van der Waals surface area (Å²) >= 11 is 1.54. The molecule has 2 aromatic rings. The number of aromatic amines is 1. The molecule has 1 amide bonds. The Balaban J connectivity index is 1.70. The van der Waals surface area contributed by atoms with Gasteiger partial charge in [-0.15, -0.1) is 11.3 Å². The second kappa shape index (κ2) is 6.59. The minimum atomic E-state index is -0.405. The number of hydrogen-bond acceptors (Lipinski definition) is 6. The lowest BCUT2D eigenvalue weighted by Gasteiger charge is -2.32. The highest BCUT2D eigenvalue weighted by atomic mass is 32.1. The van der Waals surface area contributed by atoms with Crippen LogP contribution in [0.2, 0.25) is 0 Å². The Kier molecular flexibility index (Phi) is 4.53. The van der Waals surface area contributed by atoms with Crippen molar-refractivity contribution in [2.75, 3.05) is 19.7 Å². The minimum Gasteiger partial charge on any atom is -0.367 e. The Hall–Kier alpha value is -2.06. The normalized spacial score (nSPS) is 18.2. The van der Waals surface area contributed by atoms with Crippen LogP contribution in [0.25, 0.3) is 0 Å². The fourth-order valence-electron chi connectivity index (χ4n) is 2.55. The summed E-state index contributed by atoms with van der Waals surface area (Å²) in [5, 5.41) is 2.86. The van der Waals surface area contributed by atoms with Crippen LogP contribution >= 0.6 is 11.3 Å². The van der Waals surface area contributed by atoms with Crippen molar-refractivity contribution in [1.82, 2.24) is 19.9 Å². The number of rotatable bonds is 3. The number of nitrogens with one attached hydrogen (secondary N) is 1. The lowest BCUT2D eigenvalue weighted by molar-refractivity contribution is -0.138. The number of amides is 1. The molecule has 0 aromatic carbocycles. The second-order valence-electron chi connectivity index (χ2n) is 5.51. The van der Waals surface area contributed by atoms with Gasteiger partial charge in [0.2, 0.25) is 5.91 Å². The van der Waals surface area contributed by atoms with E-state index in [1.54, 1.807) is 11.8 Å². The van der Waals surface area contributed by atoms with Crippen molar-refractivity contribution in [3.05, 3.63) is 44.0 Å². The van der Waals surface area contributed by atoms with E-state index in [-0.39, 0.29) is 17.9 Å². The van der Waals surface area contributed by atoms with Crippen LogP contribution in [0.5, 0.6) is 0 Å². The molecule has 0 unspecified atom stereocenters. The maximum atomic E-state index is 12.4. The first-order valence-electron chi connectivity index (χ1n) is 7.39. The second-order valence-corrected chi connectivity index (χ2v) is 6.57. The number of carbonyl (C=O) groups is 1. The van der Waals surface area contributed by atoms with Crippen LogP contribution in [0.3, 0.4) is 0 Å². The largest absolute Gasteiger partial charge is 0.367 e. The molecule has 1 saturated heterocycles. The summed E-state index contributed by atoms with van der Waals surface area (Å²) < 4.78 is 5.67. The van der Waals surface area contributed by atoms with Crippen molar-refractivity contribution in [1.29, 1.82) is 0 Å². The Bertz CT molecular complexity index is 770. The lowest BCUT2D eigenvalue weighted by Crippen LogP contribution is -2.43. The van der Waals surface area contributed by atoms with E-state index in [1.165, 1.54) is 17.4 Å². The lowest BCUT2D eigenvalue weighted by atomic mass is 10.2. The summed E-state index contributed by atoms with van der Waals surface area (Å²) in [5.74, 6) is 0.482. The third kappa shape index (κ3) is 3.83. The van der Waals surface area contributed by atoms with Gasteiger partial charge in [0, 0.05) is 23.7 Å². The maximum absolute atomic E-state index is 12.4. The topological polar surface area (TPSA) is 88.2 Å². The van der Waals surface area contributed by atoms with E-state index < -0.39 is 6.10 Å². The average Bonchev–Trinajstić information content (AvgIpc) is 2.91. The number of hydrogen-bond donors (Lipinski definition) is 1. The molecule has 122 valence electrons. The predicted molar refractivity (Wildman–Crippen MR) is 85.4 cm³/mol. The van der Waals surface area contributed by atoms with Gasteiger partial charge in [-0.3, -0.25) is 9.59 Å². The molecule has 1 atom stereocenters. The standard InChI is InChI=1S/C15H18N4O3S/c1-9-5-13(20)18-15(16-9)12-7-19(3-4-22-12)14(21)6-11-8-23-10(2)17-11/h5,8,12H,3-4,6-7H2,1-2H3,(H,16,18,20)/t12-/m0/s1. The highest BCUT2D eigenvalue weighted by Crippen LogP contribution is 2.19. The number of ether oxygens (including phenoxy) is 1. The third-order valence-electron chi connectivity index (χ3n) is 3.61. The molecule has 3 rings (SSSR count). The van der Waals surface area contributed by atoms with E-state index >= 15 is 0 Å². The van der Waals surface area contributed by atoms with Gasteiger partial charge in [0.1, 0.15) is 11.9 Å². The SMILES string of the molecule is Cc1cc(=O)[nH]c([C@@H]2CN(C(=O)Cc3csc(C)n3)CCO2)n1. The van der Waals surface area contributed by atoms with Crippen molar-refractivity contribution in [3.63, 3.8) is 0 Å². The number of carbonyl (C=O) groups excluding carboxylic acids is 1. The summed E-state index contributed by atoms with van der Waals surface area (Å²) in [5.41, 5.74) is 1.22. The molecule has 2 aromatic heterocycles. The van der Waals surface area contributed by atoms with Crippen LogP contribution in [-0.2, 0) is 16.0 Å². The van der Waals surface area contributed by atoms with Crippen LogP contribution in [0.15, 0.2) is 16.2 Å². The zero-order valence-electron chi connectivity index (χ0n) is 13.0. The molecule has 0 aliphatic carbocycles. The minimum absolute atomic E-state index is 0.0126. The Morgan fingerprint density at radius 2 is 2.30 bits per heavy atom. The molecule has 3 heterocycles. The molecule has 7 nitrogen and oxygen atoms in total. The molecular formula is C15H18N4O3S. The smallest absolute Gasteiger partial charge is 0.251 e. The van der Waals surface area contributed by atoms with E-state index in [0.717, 1.165) is 10.7 Å². The van der Waals surface area contributed by atoms with Gasteiger partial charge in [0.15, 0.2) is 0 Å². The monoisotopic (exact) mass is 334 g/mol. The van der Waals surface area contributed by atoms with Gasteiger partial charge in [0.25, 0.3) is 5.56 Å². The Labute approximate surface area is 137 Å². The first-order chi connectivity index (χ1) is 11.0. The number of morpholine rings is 1. The van der Waals surface area contributed by atoms with Gasteiger partial charge < -0.3 is 14.6 Å². The van der Waals surface area contributed by atoms with Crippen molar-refractivity contribution >= 4 is 17.2 Å². The molecule has 1 N–H and O–H groups in total. The summed E-state index contributed by atoms with van der Waals surface area (Å²) in [6, 6.07) is 1.43. The molecule has 8 heteroatoms. The van der Waals surface area contributed by atoms with Crippen LogP contribution in [0.1, 0.15) is 28.3 Å². The van der Waals surface area contributed by atoms with Crippen LogP contribution in [0, 0.1) is 13.8 Å². The van der Waals surface area contributed by atoms with Gasteiger partial charge >= 0.3 is 0 Å². The summed E-state index contributed by atoms with van der Waals surface area (Å²) in [7, 11) is 0. The number of thiazole rings is 1. The van der Waals surface area contributed by atoms with Crippen molar-refractivity contribution in [2.45, 2.75) is 26.4 Å². The van der Waals surface area contributed by atoms with Gasteiger partial charge in [-0.2, -0.15) is 0 Å². The summed E-state index contributed by atoms with van der Waals surface area (Å²) in [6.45, 7) is 5.02. The molecule has 0 saturated carbocycles. The maximum Gasteiger partial charge on any atom is 0.251 e. The molecule has 1 fully saturated rings. The van der Waals surface area contributed by atoms with E-state index in [2.05, 4.69) is 15.0 Å². The van der Waals surface area contributed by atoms with Crippen molar-refractivity contribution in [3.8, 4) is 0 Å². The number of aromatic nitrogens is 3. The van der Waals surface area contributed by atoms with Gasteiger partial charge in [-0.25, -0.2) is 9.97 Å². The first kappa shape index (κ1) is 15.8. The fraction of sp³-hybridized carbons (Fsp3) is 0.467. The highest BCUT2D eigenvalue weighted by molar-refractivity contribution is 7.09. The fourth-order valence-corrected chi connectivity index (χ4v) is 3.16. The third-order valence-corrected chi connectivity index (χ3v) is 4.43. The van der Waals surface area contributed by atoms with E-state index in [0.29, 0.717) is 31.2 Å². The molecule has 0 spiro atoms. The van der Waals surface area contributed by atoms with E-state index in [9.17, 15) is 9.59 Å². The summed E-state index contributed by atoms with van der Waals surface area (Å²) in [4.78, 5) is 37.1. The van der Waals surface area contributed by atoms with Gasteiger partial charge in [0.05, 0.1) is 30.3 Å². The zero-order chi connectivity index (χ0) is 16.4. The molecular weight excluding hydrogens is 316 g/mol. The number of nitrogens with zero attached hydrogens (tertiary/aromatic N) is 3. The highest BCUT2D eigenvalue weighted by Gasteiger charge is 2.27. The van der Waals surface area contributed by atoms with Gasteiger partial charge in [-0.05, 0) is 13.8 Å². The van der Waals surface area contributed by atoms with Crippen molar-refractivity contribution < 1.29 is 9.53 Å². The van der Waals surface area contributed by atoms with E-state index in [4.69, 9.17) is 4.74 Å². The summed E-state index contributed by atoms with van der Waals surface area (Å²) in [6.07, 6.45) is -0.119. The average molecular weight is 334 g/mol. The first-order valence-corrected chi connectivity index (χ1v) is 8.27. The van der Waals surface area contributed by atoms with Gasteiger partial charge in [-0.1, -0.05) is 0 Å². The number of aryl methyl sites for hydroxylation is 2. The Morgan fingerprint density at radius 1 is 1.48 bits per heavy atom. The predicted octanol–water partition coefficient (Wildman–Crippen LogP) is 0.986. The quantitative estimate of drug-likeness (QED) is 0.904. The van der Waals surface area contributed by atoms with Crippen LogP contribution in [0.4, 0.5) is 0 Å². The molecule has 0 radical (unpaired) electrons. The number of H-pyrrole nitrogens is 1. The Morgan fingerprint density at radius 3 is 3.00 bits per heavy atom. The van der Waals surface area contributed by atoms with Crippen LogP contribution < -0.4 is 5.56 Å². The zero-order valence-corrected chi connectivity index (χ0v) is 13.9. The molecule has 23 heavy (non-hydrogen) atoms. The molecule has 1 aliphatic rings. The van der Waals surface area contributed by atoms with Crippen LogP contribution in [-0.4, -0.2) is 45.5 Å². The van der Waals surface area contributed by atoms with Crippen molar-refractivity contribution in [2.24, 2.45) is 0 Å². The van der Waals surface area contributed by atoms with E-state index in [1.807, 2.05) is 12.3 Å².